The maximum atomic E-state index is 14.2. The fourth-order valence-corrected chi connectivity index (χ4v) is 6.75. The Morgan fingerprint density at radius 2 is 1.00 bits per heavy atom. The molecule has 0 amide bonds. The maximum Gasteiger partial charge on any atom is 0.185 e. The zero-order chi connectivity index (χ0) is 51.5. The van der Waals surface area contributed by atoms with Gasteiger partial charge in [0.05, 0.1) is 82.1 Å². The Labute approximate surface area is 427 Å². The molecule has 13 heteroatoms. The molecule has 376 valence electrons. The lowest BCUT2D eigenvalue weighted by molar-refractivity contribution is -0.258. The molecule has 0 bridgehead atoms. The Bertz CT molecular complexity index is 2570. The van der Waals surface area contributed by atoms with Crippen LogP contribution in [0, 0.1) is 46.6 Å². The molecule has 0 radical (unpaired) electrons. The van der Waals surface area contributed by atoms with Crippen molar-refractivity contribution in [3.8, 4) is 24.2 Å². The average molecular weight is 1040 g/mol. The van der Waals surface area contributed by atoms with Gasteiger partial charge in [-0.1, -0.05) is 139 Å². The molecule has 2 atom stereocenters. The average Bonchev–Trinajstić information content (AvgIpc) is 3.36. The molecule has 0 saturated heterocycles. The van der Waals surface area contributed by atoms with Crippen molar-refractivity contribution in [3.05, 3.63) is 190 Å². The molecule has 0 aliphatic carbocycles. The van der Waals surface area contributed by atoms with E-state index in [9.17, 15) is 19.0 Å². The molecule has 0 heterocycles. The van der Waals surface area contributed by atoms with Crippen molar-refractivity contribution in [2.75, 3.05) is 55.9 Å². The quantitative estimate of drug-likeness (QED) is 0.0288. The van der Waals surface area contributed by atoms with Crippen molar-refractivity contribution >= 4 is 38.7 Å². The van der Waals surface area contributed by atoms with Crippen molar-refractivity contribution in [3.63, 3.8) is 0 Å². The van der Waals surface area contributed by atoms with Gasteiger partial charge in [0, 0.05) is 52.2 Å². The van der Waals surface area contributed by atoms with Crippen LogP contribution < -0.4 is 22.1 Å². The smallest absolute Gasteiger partial charge is 0.185 e. The Kier molecular flexibility index (Phi) is 24.8. The van der Waals surface area contributed by atoms with E-state index in [4.69, 9.17) is 31.1 Å². The first kappa shape index (κ1) is 57.5. The van der Waals surface area contributed by atoms with Gasteiger partial charge in [0.15, 0.2) is 11.5 Å². The molecule has 6 aromatic rings. The number of aliphatic hydroxyl groups is 2. The number of quaternary nitrogens is 1. The van der Waals surface area contributed by atoms with Crippen molar-refractivity contribution in [2.45, 2.75) is 66.3 Å². The number of hydrogen-bond acceptors (Lipinski definition) is 9. The third-order valence-corrected chi connectivity index (χ3v) is 10.9. The molecule has 0 aliphatic rings. The third-order valence-electron chi connectivity index (χ3n) is 10.2. The summed E-state index contributed by atoms with van der Waals surface area (Å²) in [5.41, 5.74) is 15.1. The number of aliphatic hydroxyl groups excluding tert-OH is 2. The van der Waals surface area contributed by atoms with E-state index in [1.54, 1.807) is 6.07 Å². The number of rotatable bonds is 22. The highest BCUT2D eigenvalue weighted by molar-refractivity contribution is 9.10. The second-order valence-corrected chi connectivity index (χ2v) is 18.9. The van der Waals surface area contributed by atoms with E-state index in [0.29, 0.717) is 66.7 Å². The molecular formula is C58H68BrF2N4O6+. The topological polar surface area (TPSA) is 155 Å². The lowest BCUT2D eigenvalue weighted by atomic mass is 9.95. The van der Waals surface area contributed by atoms with Gasteiger partial charge in [0.1, 0.15) is 5.82 Å². The lowest BCUT2D eigenvalue weighted by Gasteiger charge is -2.18. The van der Waals surface area contributed by atoms with Crippen LogP contribution in [0.1, 0.15) is 55.5 Å². The molecule has 71 heavy (non-hydrogen) atoms. The summed E-state index contributed by atoms with van der Waals surface area (Å²) < 4.78 is 50.7. The summed E-state index contributed by atoms with van der Waals surface area (Å²) in [6, 6.07) is 45.3. The number of nitrogens with one attached hydrogen (secondary N) is 2. The van der Waals surface area contributed by atoms with Crippen LogP contribution in [0.3, 0.4) is 0 Å². The van der Waals surface area contributed by atoms with Gasteiger partial charge in [-0.05, 0) is 71.9 Å². The van der Waals surface area contributed by atoms with Crippen LogP contribution in [0.4, 0.5) is 31.5 Å². The Hall–Kier alpha value is -6.10. The number of benzene rings is 6. The first-order valence-electron chi connectivity index (χ1n) is 23.2. The van der Waals surface area contributed by atoms with Crippen LogP contribution in [-0.4, -0.2) is 61.9 Å². The van der Waals surface area contributed by atoms with Crippen LogP contribution in [0.15, 0.2) is 150 Å². The monoisotopic (exact) mass is 1030 g/mol. The Morgan fingerprint density at radius 3 is 1.44 bits per heavy atom. The van der Waals surface area contributed by atoms with E-state index in [1.165, 1.54) is 23.8 Å². The van der Waals surface area contributed by atoms with Gasteiger partial charge >= 0.3 is 0 Å². The van der Waals surface area contributed by atoms with Gasteiger partial charge in [-0.2, -0.15) is 0 Å². The van der Waals surface area contributed by atoms with Crippen molar-refractivity contribution in [1.82, 2.24) is 0 Å². The van der Waals surface area contributed by atoms with Crippen LogP contribution in [0.25, 0.3) is 0 Å². The lowest BCUT2D eigenvalue weighted by Crippen LogP contribution is -2.41. The molecule has 0 aliphatic heterocycles. The summed E-state index contributed by atoms with van der Waals surface area (Å²) in [7, 11) is 0. The Balaban J connectivity index is 0.000000258. The number of ether oxygens (including phenoxy) is 4. The number of nitrogens with two attached hydrogens (primary N) is 1. The molecular weight excluding hydrogens is 967 g/mol. The highest BCUT2D eigenvalue weighted by atomic mass is 79.9. The summed E-state index contributed by atoms with van der Waals surface area (Å²) in [4.78, 5) is 0. The van der Waals surface area contributed by atoms with Gasteiger partial charge in [-0.3, -0.25) is 0 Å². The fourth-order valence-electron chi connectivity index (χ4n) is 6.22. The van der Waals surface area contributed by atoms with Crippen LogP contribution in [0.2, 0.25) is 0 Å². The van der Waals surface area contributed by atoms with Crippen LogP contribution in [-0.2, 0) is 45.4 Å². The van der Waals surface area contributed by atoms with Gasteiger partial charge in [0.2, 0.25) is 0 Å². The minimum atomic E-state index is -0.775. The molecule has 0 spiro atoms. The second-order valence-electron chi connectivity index (χ2n) is 18.0. The Morgan fingerprint density at radius 1 is 0.606 bits per heavy atom. The predicted octanol–water partition coefficient (Wildman–Crippen LogP) is 10.3. The van der Waals surface area contributed by atoms with Crippen molar-refractivity contribution in [1.29, 1.82) is 0 Å². The molecule has 0 saturated carbocycles. The van der Waals surface area contributed by atoms with Crippen molar-refractivity contribution < 1.29 is 43.7 Å². The first-order chi connectivity index (χ1) is 34.0. The number of nitrogen functional groups attached to an aromatic ring is 1. The highest BCUT2D eigenvalue weighted by Gasteiger charge is 2.17. The number of terminal acetylenes is 1. The number of halogens is 3. The first-order valence-corrected chi connectivity index (χ1v) is 24.0. The molecule has 0 aromatic heterocycles. The van der Waals surface area contributed by atoms with Crippen LogP contribution in [0.5, 0.6) is 0 Å². The van der Waals surface area contributed by atoms with E-state index in [-0.39, 0.29) is 43.2 Å². The minimum absolute atomic E-state index is 0.0183. The van der Waals surface area contributed by atoms with Crippen LogP contribution >= 0.6 is 15.9 Å². The van der Waals surface area contributed by atoms with E-state index < -0.39 is 23.4 Å². The van der Waals surface area contributed by atoms with E-state index in [0.717, 1.165) is 16.7 Å². The fraction of sp³-hybridized carbons (Fsp3) is 0.310. The molecule has 6 aromatic carbocycles. The summed E-state index contributed by atoms with van der Waals surface area (Å²) in [5, 5.41) is 26.2. The van der Waals surface area contributed by atoms with E-state index >= 15 is 0 Å². The minimum Gasteiger partial charge on any atom is -0.396 e. The zero-order valence-corrected chi connectivity index (χ0v) is 42.7. The predicted molar refractivity (Wildman–Crippen MR) is 284 cm³/mol. The zero-order valence-electron chi connectivity index (χ0n) is 41.1. The van der Waals surface area contributed by atoms with Gasteiger partial charge in [-0.15, -0.1) is 6.42 Å². The largest absolute Gasteiger partial charge is 0.396 e. The molecule has 0 unspecified atom stereocenters. The normalized spacial score (nSPS) is 11.8. The summed E-state index contributed by atoms with van der Waals surface area (Å²) >= 11 is 3.33. The van der Waals surface area contributed by atoms with Crippen molar-refractivity contribution in [2.24, 2.45) is 10.8 Å². The number of anilines is 3. The van der Waals surface area contributed by atoms with Gasteiger partial charge in [0.25, 0.3) is 0 Å². The van der Waals surface area contributed by atoms with E-state index in [1.807, 2.05) is 149 Å². The van der Waals surface area contributed by atoms with Gasteiger partial charge < -0.3 is 51.3 Å². The molecule has 9 N–H and O–H groups in total. The number of hydrogen-bond donors (Lipinski definition) is 6. The summed E-state index contributed by atoms with van der Waals surface area (Å²) in [6.45, 7) is 11.8. The maximum absolute atomic E-state index is 14.2. The van der Waals surface area contributed by atoms with Gasteiger partial charge in [-0.25, -0.2) is 8.78 Å². The standard InChI is InChI=1S/C29H33FN2O3.C16H18BrFN2O2.C13H16O/c1-29(2,21-35-19-23-11-7-4-8-12-23)14-13-24-15-27(31)26(30)16-28(24)32-17-25(33)20-34-18-22-9-5-3-6-10-22;17-13-6-15(19)14(18)7-16(13)20-8-12(21)10-22-9-11-4-2-1-3-5-11;1-4-13(2,3)11-14-10-12-8-6-5-7-9-12/h3-12,15-16,25,32-33H,17-21,31H2,1-2H3;1-7,12,20-21H,8-10,19H2;1,5-9H,10-11H2,2-3H3/p+1/t25-;12-;/m11./s1. The van der Waals surface area contributed by atoms with E-state index in [2.05, 4.69) is 50.1 Å². The highest BCUT2D eigenvalue weighted by Crippen LogP contribution is 2.27. The summed E-state index contributed by atoms with van der Waals surface area (Å²) in [5.74, 6) is 8.09. The molecule has 10 nitrogen and oxygen atoms in total. The summed E-state index contributed by atoms with van der Waals surface area (Å²) in [6.07, 6.45) is 3.90. The molecule has 0 fully saturated rings. The molecule has 6 rings (SSSR count). The SMILES string of the molecule is C#CC(C)(C)COCc1ccccc1.CC(C)(C#Cc1cc(N)c(F)cc1NC[C@@H](O)COCc1ccccc1)COCc1ccccc1.[NH3+]c1cc(Br)c(NC[C@@H](O)COCc2ccccc2)cc1F. The third kappa shape index (κ3) is 23.1. The second kappa shape index (κ2) is 30.6.